The van der Waals surface area contributed by atoms with Crippen LogP contribution in [0.1, 0.15) is 34.1 Å². The van der Waals surface area contributed by atoms with Crippen LogP contribution in [0.3, 0.4) is 0 Å². The molecule has 1 aliphatic rings. The van der Waals surface area contributed by atoms with Gasteiger partial charge in [-0.3, -0.25) is 4.79 Å². The van der Waals surface area contributed by atoms with Crippen molar-refractivity contribution in [2.24, 2.45) is 0 Å². The largest absolute Gasteiger partial charge is 0.460 e. The van der Waals surface area contributed by atoms with Crippen LogP contribution in [0.15, 0.2) is 11.8 Å². The summed E-state index contributed by atoms with van der Waals surface area (Å²) < 4.78 is 5.28. The van der Waals surface area contributed by atoms with Crippen LogP contribution in [0, 0.1) is 0 Å². The number of carbonyl (C=O) groups excluding carboxylic acids is 2. The Balaban J connectivity index is 2.57. The first-order valence-corrected chi connectivity index (χ1v) is 6.68. The van der Waals surface area contributed by atoms with Crippen molar-refractivity contribution in [3.8, 4) is 0 Å². The normalized spacial score (nSPS) is 17.6. The van der Waals surface area contributed by atoms with Gasteiger partial charge in [-0.15, -0.1) is 0 Å². The maximum absolute atomic E-state index is 11.7. The van der Waals surface area contributed by atoms with Crippen molar-refractivity contribution in [2.75, 3.05) is 27.4 Å². The first-order valence-electron chi connectivity index (χ1n) is 6.68. The topological polar surface area (TPSA) is 53.1 Å². The van der Waals surface area contributed by atoms with Gasteiger partial charge in [0, 0.05) is 20.3 Å². The van der Waals surface area contributed by atoms with Gasteiger partial charge in [0.05, 0.1) is 19.8 Å². The molecule has 0 N–H and O–H groups in total. The highest BCUT2D eigenvalue weighted by atomic mass is 16.6. The zero-order valence-electron chi connectivity index (χ0n) is 13.3. The molecular weight excluding hydrogens is 258 g/mol. The number of rotatable bonds is 3. The lowest BCUT2D eigenvalue weighted by atomic mass is 10.2. The minimum atomic E-state index is -0.463. The van der Waals surface area contributed by atoms with Crippen LogP contribution < -0.4 is 0 Å². The van der Waals surface area contributed by atoms with Crippen LogP contribution in [-0.2, 0) is 9.53 Å². The van der Waals surface area contributed by atoms with Crippen LogP contribution in [0.4, 0.5) is 4.79 Å². The molecule has 1 fully saturated rings. The SMILES string of the molecule is CC(=CN1CN(C)C(=O)N(C)C1)CC(=O)OC(C)(C)C. The molecule has 1 saturated heterocycles. The first kappa shape index (κ1) is 16.3. The lowest BCUT2D eigenvalue weighted by Crippen LogP contribution is -2.53. The Morgan fingerprint density at radius 1 is 1.25 bits per heavy atom. The first-order chi connectivity index (χ1) is 9.08. The maximum atomic E-state index is 11.7. The van der Waals surface area contributed by atoms with Gasteiger partial charge in [0.2, 0.25) is 0 Å². The number of esters is 1. The van der Waals surface area contributed by atoms with E-state index in [1.165, 1.54) is 0 Å². The maximum Gasteiger partial charge on any atom is 0.322 e. The summed E-state index contributed by atoms with van der Waals surface area (Å²) in [6.45, 7) is 8.49. The number of ether oxygens (including phenoxy) is 1. The predicted octanol–water partition coefficient (Wildman–Crippen LogP) is 1.84. The van der Waals surface area contributed by atoms with Crippen molar-refractivity contribution >= 4 is 12.0 Å². The van der Waals surface area contributed by atoms with Crippen molar-refractivity contribution in [3.63, 3.8) is 0 Å². The van der Waals surface area contributed by atoms with Gasteiger partial charge in [-0.25, -0.2) is 4.79 Å². The molecule has 0 saturated carbocycles. The minimum absolute atomic E-state index is 0.000514. The molecule has 0 bridgehead atoms. The van der Waals surface area contributed by atoms with Crippen LogP contribution in [0.2, 0.25) is 0 Å². The zero-order valence-corrected chi connectivity index (χ0v) is 13.3. The third-order valence-electron chi connectivity index (χ3n) is 2.69. The highest BCUT2D eigenvalue weighted by Crippen LogP contribution is 2.13. The Hall–Kier alpha value is -1.72. The fourth-order valence-corrected chi connectivity index (χ4v) is 2.05. The van der Waals surface area contributed by atoms with E-state index in [4.69, 9.17) is 4.74 Å². The number of urea groups is 1. The molecule has 0 aliphatic carbocycles. The van der Waals surface area contributed by atoms with Gasteiger partial charge < -0.3 is 19.4 Å². The average molecular weight is 283 g/mol. The lowest BCUT2D eigenvalue weighted by Gasteiger charge is -2.38. The number of amides is 2. The molecule has 6 heteroatoms. The molecule has 114 valence electrons. The van der Waals surface area contributed by atoms with Gasteiger partial charge in [0.25, 0.3) is 0 Å². The molecule has 0 aromatic rings. The van der Waals surface area contributed by atoms with Crippen molar-refractivity contribution in [1.29, 1.82) is 0 Å². The molecule has 0 radical (unpaired) electrons. The third kappa shape index (κ3) is 5.11. The molecule has 0 aromatic carbocycles. The summed E-state index contributed by atoms with van der Waals surface area (Å²) in [4.78, 5) is 28.6. The Bertz CT molecular complexity index is 398. The van der Waals surface area contributed by atoms with E-state index in [-0.39, 0.29) is 18.4 Å². The average Bonchev–Trinajstić information content (AvgIpc) is 2.22. The number of hydrogen-bond donors (Lipinski definition) is 0. The monoisotopic (exact) mass is 283 g/mol. The highest BCUT2D eigenvalue weighted by Gasteiger charge is 2.23. The van der Waals surface area contributed by atoms with Gasteiger partial charge in [-0.2, -0.15) is 0 Å². The van der Waals surface area contributed by atoms with E-state index in [0.29, 0.717) is 13.3 Å². The van der Waals surface area contributed by atoms with E-state index in [1.807, 2.05) is 38.8 Å². The fraction of sp³-hybridized carbons (Fsp3) is 0.714. The van der Waals surface area contributed by atoms with Gasteiger partial charge in [0.1, 0.15) is 5.60 Å². The molecule has 2 amide bonds. The number of carbonyl (C=O) groups is 2. The molecule has 6 nitrogen and oxygen atoms in total. The zero-order chi connectivity index (χ0) is 15.5. The Morgan fingerprint density at radius 2 is 1.75 bits per heavy atom. The van der Waals surface area contributed by atoms with Crippen molar-refractivity contribution < 1.29 is 14.3 Å². The molecule has 0 unspecified atom stereocenters. The van der Waals surface area contributed by atoms with Gasteiger partial charge >= 0.3 is 12.0 Å². The summed E-state index contributed by atoms with van der Waals surface area (Å²) in [5.41, 5.74) is 0.449. The second-order valence-electron chi connectivity index (χ2n) is 6.29. The second-order valence-corrected chi connectivity index (χ2v) is 6.29. The molecule has 0 spiro atoms. The van der Waals surface area contributed by atoms with Crippen LogP contribution >= 0.6 is 0 Å². The Morgan fingerprint density at radius 3 is 2.20 bits per heavy atom. The number of hydrogen-bond acceptors (Lipinski definition) is 4. The Kier molecular flexibility index (Phi) is 5.03. The van der Waals surface area contributed by atoms with Gasteiger partial charge in [-0.05, 0) is 33.3 Å². The van der Waals surface area contributed by atoms with E-state index in [9.17, 15) is 9.59 Å². The molecular formula is C14H25N3O3. The summed E-state index contributed by atoms with van der Waals surface area (Å²) in [6, 6.07) is -0.000514. The molecule has 1 heterocycles. The van der Waals surface area contributed by atoms with E-state index in [2.05, 4.69) is 0 Å². The van der Waals surface area contributed by atoms with Crippen molar-refractivity contribution in [3.05, 3.63) is 11.8 Å². The molecule has 1 aliphatic heterocycles. The van der Waals surface area contributed by atoms with E-state index >= 15 is 0 Å². The van der Waals surface area contributed by atoms with Gasteiger partial charge in [0.15, 0.2) is 0 Å². The minimum Gasteiger partial charge on any atom is -0.460 e. The van der Waals surface area contributed by atoms with E-state index < -0.39 is 5.60 Å². The standard InChI is InChI=1S/C14H25N3O3/c1-11(7-12(18)20-14(2,3)4)8-17-9-15(5)13(19)16(6)10-17/h8H,7,9-10H2,1-6H3. The summed E-state index contributed by atoms with van der Waals surface area (Å²) in [7, 11) is 3.50. The van der Waals surface area contributed by atoms with Crippen LogP contribution in [0.5, 0.6) is 0 Å². The van der Waals surface area contributed by atoms with Crippen LogP contribution in [0.25, 0.3) is 0 Å². The second kappa shape index (κ2) is 6.15. The Labute approximate surface area is 121 Å². The molecule has 20 heavy (non-hydrogen) atoms. The van der Waals surface area contributed by atoms with Gasteiger partial charge in [-0.1, -0.05) is 0 Å². The summed E-state index contributed by atoms with van der Waals surface area (Å²) in [5, 5.41) is 0. The quantitative estimate of drug-likeness (QED) is 0.742. The summed E-state index contributed by atoms with van der Waals surface area (Å²) in [6.07, 6.45) is 2.17. The number of nitrogens with zero attached hydrogens (tertiary/aromatic N) is 3. The summed E-state index contributed by atoms with van der Waals surface area (Å²) in [5.74, 6) is -0.235. The van der Waals surface area contributed by atoms with E-state index in [1.54, 1.807) is 23.9 Å². The molecule has 0 aromatic heterocycles. The fourth-order valence-electron chi connectivity index (χ4n) is 2.05. The lowest BCUT2D eigenvalue weighted by molar-refractivity contribution is -0.153. The van der Waals surface area contributed by atoms with Crippen LogP contribution in [-0.4, -0.2) is 59.7 Å². The summed E-state index contributed by atoms with van der Waals surface area (Å²) >= 11 is 0. The molecule has 1 rings (SSSR count). The van der Waals surface area contributed by atoms with E-state index in [0.717, 1.165) is 5.57 Å². The predicted molar refractivity (Wildman–Crippen MR) is 76.7 cm³/mol. The highest BCUT2D eigenvalue weighted by molar-refractivity contribution is 5.74. The van der Waals surface area contributed by atoms with Crippen molar-refractivity contribution in [1.82, 2.24) is 14.7 Å². The third-order valence-corrected chi connectivity index (χ3v) is 2.69. The molecule has 0 atom stereocenters. The van der Waals surface area contributed by atoms with Crippen molar-refractivity contribution in [2.45, 2.75) is 39.7 Å². The smallest absolute Gasteiger partial charge is 0.322 e.